The molecule has 0 atom stereocenters. The minimum Gasteiger partial charge on any atom is -0.492 e. The number of hydrogen-bond acceptors (Lipinski definition) is 2. The van der Waals surface area contributed by atoms with E-state index in [1.165, 1.54) is 0 Å². The molecular formula is C15H14Cl3NO. The van der Waals surface area contributed by atoms with Gasteiger partial charge < -0.3 is 10.1 Å². The maximum Gasteiger partial charge on any atom is 0.142 e. The first kappa shape index (κ1) is 15.3. The second-order valence-corrected chi connectivity index (χ2v) is 5.36. The fraction of sp³-hybridized carbons (Fsp3) is 0.200. The van der Waals surface area contributed by atoms with E-state index in [4.69, 9.17) is 39.5 Å². The average Bonchev–Trinajstić information content (AvgIpc) is 2.43. The van der Waals surface area contributed by atoms with Crippen molar-refractivity contribution in [1.29, 1.82) is 0 Å². The summed E-state index contributed by atoms with van der Waals surface area (Å²) in [6.45, 7) is 3.07. The first-order chi connectivity index (χ1) is 9.61. The van der Waals surface area contributed by atoms with Crippen molar-refractivity contribution in [2.24, 2.45) is 0 Å². The molecule has 2 aromatic rings. The Hall–Kier alpha value is -1.09. The van der Waals surface area contributed by atoms with Gasteiger partial charge in [0.25, 0.3) is 0 Å². The van der Waals surface area contributed by atoms with E-state index in [9.17, 15) is 0 Å². The van der Waals surface area contributed by atoms with Gasteiger partial charge in [-0.05, 0) is 36.8 Å². The number of halogens is 3. The van der Waals surface area contributed by atoms with Gasteiger partial charge in [-0.2, -0.15) is 0 Å². The van der Waals surface area contributed by atoms with Gasteiger partial charge in [-0.25, -0.2) is 0 Å². The highest BCUT2D eigenvalue weighted by molar-refractivity contribution is 6.42. The van der Waals surface area contributed by atoms with E-state index in [-0.39, 0.29) is 0 Å². The van der Waals surface area contributed by atoms with Crippen molar-refractivity contribution in [2.75, 3.05) is 11.9 Å². The van der Waals surface area contributed by atoms with Crippen LogP contribution in [0.3, 0.4) is 0 Å². The minimum atomic E-state index is 0.541. The predicted molar refractivity (Wildman–Crippen MR) is 86.4 cm³/mol. The molecule has 5 heteroatoms. The normalized spacial score (nSPS) is 10.4. The zero-order chi connectivity index (χ0) is 14.5. The smallest absolute Gasteiger partial charge is 0.142 e. The summed E-state index contributed by atoms with van der Waals surface area (Å²) in [5.74, 6) is 0.759. The molecule has 1 N–H and O–H groups in total. The quantitative estimate of drug-likeness (QED) is 0.764. The summed E-state index contributed by atoms with van der Waals surface area (Å²) in [5, 5.41) is 5.02. The summed E-state index contributed by atoms with van der Waals surface area (Å²) in [6, 6.07) is 11.0. The topological polar surface area (TPSA) is 21.3 Å². The molecule has 0 radical (unpaired) electrons. The number of benzene rings is 2. The molecule has 0 aromatic heterocycles. The lowest BCUT2D eigenvalue weighted by molar-refractivity contribution is 0.341. The molecule has 0 unspecified atom stereocenters. The number of anilines is 1. The van der Waals surface area contributed by atoms with Crippen molar-refractivity contribution in [2.45, 2.75) is 13.5 Å². The van der Waals surface area contributed by atoms with Crippen molar-refractivity contribution in [3.05, 3.63) is 57.0 Å². The van der Waals surface area contributed by atoms with Crippen LogP contribution in [0.1, 0.15) is 12.5 Å². The molecule has 0 amide bonds. The second-order valence-electron chi connectivity index (χ2n) is 4.14. The van der Waals surface area contributed by atoms with Gasteiger partial charge >= 0.3 is 0 Å². The largest absolute Gasteiger partial charge is 0.492 e. The van der Waals surface area contributed by atoms with E-state index in [0.29, 0.717) is 28.2 Å². The fourth-order valence-corrected chi connectivity index (χ4v) is 2.36. The lowest BCUT2D eigenvalue weighted by atomic mass is 10.2. The van der Waals surface area contributed by atoms with Crippen molar-refractivity contribution in [3.63, 3.8) is 0 Å². The Bertz CT molecular complexity index is 602. The summed E-state index contributed by atoms with van der Waals surface area (Å²) in [4.78, 5) is 0. The van der Waals surface area contributed by atoms with Crippen LogP contribution in [0.15, 0.2) is 36.4 Å². The van der Waals surface area contributed by atoms with Crippen molar-refractivity contribution < 1.29 is 4.74 Å². The molecule has 2 aromatic carbocycles. The van der Waals surface area contributed by atoms with Crippen LogP contribution < -0.4 is 10.1 Å². The Morgan fingerprint density at radius 2 is 1.90 bits per heavy atom. The zero-order valence-corrected chi connectivity index (χ0v) is 13.2. The maximum atomic E-state index is 6.16. The molecule has 0 heterocycles. The molecule has 0 aliphatic carbocycles. The molecule has 106 valence electrons. The van der Waals surface area contributed by atoms with E-state index in [1.54, 1.807) is 12.1 Å². The lowest BCUT2D eigenvalue weighted by Gasteiger charge is -2.13. The van der Waals surface area contributed by atoms with Crippen LogP contribution in [0.2, 0.25) is 15.1 Å². The van der Waals surface area contributed by atoms with Crippen LogP contribution in [-0.2, 0) is 6.54 Å². The van der Waals surface area contributed by atoms with Gasteiger partial charge in [0.2, 0.25) is 0 Å². The Kier molecular flexibility index (Phi) is 5.41. The summed E-state index contributed by atoms with van der Waals surface area (Å²) in [5.41, 5.74) is 1.75. The fourth-order valence-electron chi connectivity index (χ4n) is 1.80. The monoisotopic (exact) mass is 329 g/mol. The van der Waals surface area contributed by atoms with E-state index in [1.807, 2.05) is 31.2 Å². The second kappa shape index (κ2) is 7.07. The van der Waals surface area contributed by atoms with Crippen LogP contribution in [-0.4, -0.2) is 6.61 Å². The molecule has 0 aliphatic heterocycles. The third-order valence-corrected chi connectivity index (χ3v) is 3.84. The summed E-state index contributed by atoms with van der Waals surface area (Å²) >= 11 is 18.2. The van der Waals surface area contributed by atoms with Crippen LogP contribution in [0.5, 0.6) is 5.75 Å². The highest BCUT2D eigenvalue weighted by Crippen LogP contribution is 2.30. The highest BCUT2D eigenvalue weighted by Gasteiger charge is 2.07. The Balaban J connectivity index is 2.18. The molecule has 0 aliphatic rings. The summed E-state index contributed by atoms with van der Waals surface area (Å²) in [6.07, 6.45) is 0. The van der Waals surface area contributed by atoms with E-state index >= 15 is 0 Å². The van der Waals surface area contributed by atoms with Gasteiger partial charge in [0.05, 0.1) is 22.3 Å². The molecule has 0 saturated heterocycles. The molecule has 0 spiro atoms. The summed E-state index contributed by atoms with van der Waals surface area (Å²) in [7, 11) is 0. The number of ether oxygens (including phenoxy) is 1. The standard InChI is InChI=1S/C15H14Cl3NO/c1-2-20-14-7-6-11(16)8-13(14)19-9-10-4-3-5-12(17)15(10)18/h3-8,19H,2,9H2,1H3. The Labute approximate surface area is 133 Å². The zero-order valence-electron chi connectivity index (χ0n) is 10.9. The lowest BCUT2D eigenvalue weighted by Crippen LogP contribution is -2.03. The van der Waals surface area contributed by atoms with Gasteiger partial charge in [0, 0.05) is 11.6 Å². The SMILES string of the molecule is CCOc1ccc(Cl)cc1NCc1cccc(Cl)c1Cl. The molecule has 2 rings (SSSR count). The number of rotatable bonds is 5. The van der Waals surface area contributed by atoms with E-state index in [0.717, 1.165) is 17.0 Å². The van der Waals surface area contributed by atoms with Gasteiger partial charge in [-0.15, -0.1) is 0 Å². The van der Waals surface area contributed by atoms with Gasteiger partial charge in [0.15, 0.2) is 0 Å². The molecular weight excluding hydrogens is 317 g/mol. The van der Waals surface area contributed by atoms with Crippen LogP contribution in [0.25, 0.3) is 0 Å². The molecule has 0 saturated carbocycles. The van der Waals surface area contributed by atoms with Crippen molar-refractivity contribution >= 4 is 40.5 Å². The van der Waals surface area contributed by atoms with Crippen LogP contribution in [0, 0.1) is 0 Å². The van der Waals surface area contributed by atoms with Crippen molar-refractivity contribution in [1.82, 2.24) is 0 Å². The van der Waals surface area contributed by atoms with Gasteiger partial charge in [-0.1, -0.05) is 46.9 Å². The van der Waals surface area contributed by atoms with Crippen molar-refractivity contribution in [3.8, 4) is 5.75 Å². The Morgan fingerprint density at radius 1 is 1.10 bits per heavy atom. The first-order valence-corrected chi connectivity index (χ1v) is 7.34. The van der Waals surface area contributed by atoms with Crippen LogP contribution in [0.4, 0.5) is 5.69 Å². The number of hydrogen-bond donors (Lipinski definition) is 1. The molecule has 2 nitrogen and oxygen atoms in total. The minimum absolute atomic E-state index is 0.541. The molecule has 0 bridgehead atoms. The predicted octanol–water partition coefficient (Wildman–Crippen LogP) is 5.66. The molecule has 20 heavy (non-hydrogen) atoms. The third kappa shape index (κ3) is 3.72. The van der Waals surface area contributed by atoms with E-state index in [2.05, 4.69) is 5.32 Å². The van der Waals surface area contributed by atoms with Gasteiger partial charge in [0.1, 0.15) is 5.75 Å². The average molecular weight is 331 g/mol. The summed E-state index contributed by atoms with van der Waals surface area (Å²) < 4.78 is 5.55. The first-order valence-electron chi connectivity index (χ1n) is 6.21. The maximum absolute atomic E-state index is 6.16. The Morgan fingerprint density at radius 3 is 2.65 bits per heavy atom. The molecule has 0 fully saturated rings. The van der Waals surface area contributed by atoms with Crippen LogP contribution >= 0.6 is 34.8 Å². The van der Waals surface area contributed by atoms with E-state index < -0.39 is 0 Å². The number of nitrogens with one attached hydrogen (secondary N) is 1. The third-order valence-electron chi connectivity index (χ3n) is 2.74. The van der Waals surface area contributed by atoms with Gasteiger partial charge in [-0.3, -0.25) is 0 Å². The highest BCUT2D eigenvalue weighted by atomic mass is 35.5.